The molecule has 282 valence electrons. The van der Waals surface area contributed by atoms with Gasteiger partial charge in [0.15, 0.2) is 0 Å². The summed E-state index contributed by atoms with van der Waals surface area (Å²) in [5, 5.41) is 2.56. The van der Waals surface area contributed by atoms with Crippen molar-refractivity contribution in [1.82, 2.24) is 4.57 Å². The third-order valence-corrected chi connectivity index (χ3v) is 13.4. The molecule has 0 amide bonds. The summed E-state index contributed by atoms with van der Waals surface area (Å²) in [5.74, 6) is 0. The molecule has 6 aromatic carbocycles. The summed E-state index contributed by atoms with van der Waals surface area (Å²) in [4.78, 5) is 2.57. The molecule has 0 saturated heterocycles. The van der Waals surface area contributed by atoms with Gasteiger partial charge in [0, 0.05) is 28.7 Å². The molecule has 2 heteroatoms. The SMILES string of the molecule is C1=CC2=C(CC1)c1ccccc1C21c2ccccc2-c2cc(C3=CCC(N(C/C=C\C=C/C4=CC4)c4ccc5c6ccccc6n(-c6ccccc6)c5c4)C=C3)ccc21. The van der Waals surface area contributed by atoms with Crippen LogP contribution in [0.3, 0.4) is 0 Å². The zero-order valence-corrected chi connectivity index (χ0v) is 33.1. The highest BCUT2D eigenvalue weighted by Crippen LogP contribution is 2.63. The Labute approximate surface area is 346 Å². The van der Waals surface area contributed by atoms with Crippen LogP contribution in [0.1, 0.15) is 53.5 Å². The molecule has 5 aliphatic rings. The van der Waals surface area contributed by atoms with Gasteiger partial charge >= 0.3 is 0 Å². The van der Waals surface area contributed by atoms with Crippen LogP contribution in [0.25, 0.3) is 49.8 Å². The van der Waals surface area contributed by atoms with Crippen molar-refractivity contribution in [2.24, 2.45) is 0 Å². The first-order valence-corrected chi connectivity index (χ1v) is 21.3. The van der Waals surface area contributed by atoms with Gasteiger partial charge in [-0.3, -0.25) is 0 Å². The largest absolute Gasteiger partial charge is 0.361 e. The van der Waals surface area contributed by atoms with E-state index in [-0.39, 0.29) is 11.5 Å². The summed E-state index contributed by atoms with van der Waals surface area (Å²) in [6.07, 6.45) is 27.5. The number of fused-ring (bicyclic) bond motifs is 12. The summed E-state index contributed by atoms with van der Waals surface area (Å²) in [6, 6.07) is 52.5. The predicted octanol–water partition coefficient (Wildman–Crippen LogP) is 13.9. The standard InChI is InChI=1S/C57H44N2/c1-4-16-43(17-5-1)59-55-25-13-9-21-48(55)49-34-33-44(38-56(49)59)58(36-14-2-3-15-39-26-27-39)42-31-28-40(29-32-42)41-30-35-54-50(37-41)47-20-8-12-24-53(47)57(54)51-22-10-6-18-45(51)46-19-7-11-23-52(46)57/h1-6,8-18,20-26,28-31,33-35,37-38,42H,7,19,27,32,36H2/b14-2-,15-3-. The molecule has 0 fully saturated rings. The predicted molar refractivity (Wildman–Crippen MR) is 248 cm³/mol. The minimum absolute atomic E-state index is 0.211. The van der Waals surface area contributed by atoms with E-state index >= 15 is 0 Å². The molecule has 1 heterocycles. The second kappa shape index (κ2) is 13.6. The molecule has 59 heavy (non-hydrogen) atoms. The summed E-state index contributed by atoms with van der Waals surface area (Å²) >= 11 is 0. The fourth-order valence-corrected chi connectivity index (χ4v) is 10.7. The van der Waals surface area contributed by atoms with Crippen molar-refractivity contribution >= 4 is 38.6 Å². The van der Waals surface area contributed by atoms with Gasteiger partial charge in [0.25, 0.3) is 0 Å². The first-order chi connectivity index (χ1) is 29.3. The lowest BCUT2D eigenvalue weighted by Gasteiger charge is -2.33. The van der Waals surface area contributed by atoms with Crippen LogP contribution in [0, 0.1) is 0 Å². The molecule has 0 saturated carbocycles. The van der Waals surface area contributed by atoms with Gasteiger partial charge < -0.3 is 9.47 Å². The van der Waals surface area contributed by atoms with Gasteiger partial charge in [0.05, 0.1) is 22.5 Å². The van der Waals surface area contributed by atoms with Crippen LogP contribution < -0.4 is 4.90 Å². The molecule has 0 bridgehead atoms. The maximum Gasteiger partial charge on any atom is 0.0722 e. The van der Waals surface area contributed by atoms with Crippen molar-refractivity contribution in [1.29, 1.82) is 0 Å². The molecule has 2 nitrogen and oxygen atoms in total. The summed E-state index contributed by atoms with van der Waals surface area (Å²) in [6.45, 7) is 0.810. The van der Waals surface area contributed by atoms with Crippen LogP contribution >= 0.6 is 0 Å². The van der Waals surface area contributed by atoms with Crippen LogP contribution in [0.15, 0.2) is 211 Å². The lowest BCUT2D eigenvalue weighted by Crippen LogP contribution is -2.34. The van der Waals surface area contributed by atoms with Crippen LogP contribution in [0.2, 0.25) is 0 Å². The number of hydrogen-bond acceptors (Lipinski definition) is 1. The number of aromatic nitrogens is 1. The second-order valence-electron chi connectivity index (χ2n) is 16.6. The van der Waals surface area contributed by atoms with Gasteiger partial charge in [-0.2, -0.15) is 0 Å². The third kappa shape index (κ3) is 5.33. The highest BCUT2D eigenvalue weighted by Gasteiger charge is 2.52. The smallest absolute Gasteiger partial charge is 0.0722 e. The average molecular weight is 757 g/mol. The lowest BCUT2D eigenvalue weighted by atomic mass is 9.69. The fourth-order valence-electron chi connectivity index (χ4n) is 10.7. The molecule has 12 rings (SSSR count). The molecule has 0 aliphatic heterocycles. The van der Waals surface area contributed by atoms with Crippen LogP contribution in [0.5, 0.6) is 0 Å². The molecule has 1 aromatic heterocycles. The van der Waals surface area contributed by atoms with E-state index in [0.29, 0.717) is 0 Å². The van der Waals surface area contributed by atoms with Crippen molar-refractivity contribution in [2.75, 3.05) is 11.4 Å². The highest BCUT2D eigenvalue weighted by atomic mass is 15.2. The molecule has 5 aliphatic carbocycles. The van der Waals surface area contributed by atoms with E-state index in [1.165, 1.54) is 94.4 Å². The number of rotatable bonds is 8. The van der Waals surface area contributed by atoms with E-state index < -0.39 is 0 Å². The molecule has 0 radical (unpaired) electrons. The van der Waals surface area contributed by atoms with Gasteiger partial charge in [-0.05, 0) is 123 Å². The molecule has 1 spiro atoms. The number of anilines is 1. The van der Waals surface area contributed by atoms with Gasteiger partial charge in [-0.25, -0.2) is 0 Å². The Kier molecular flexibility index (Phi) is 7.88. The van der Waals surface area contributed by atoms with E-state index in [9.17, 15) is 0 Å². The van der Waals surface area contributed by atoms with E-state index in [0.717, 1.165) is 32.2 Å². The van der Waals surface area contributed by atoms with Gasteiger partial charge in [-0.1, -0.05) is 164 Å². The number of nitrogens with zero attached hydrogens (tertiary/aromatic N) is 2. The van der Waals surface area contributed by atoms with Crippen molar-refractivity contribution in [3.63, 3.8) is 0 Å². The number of hydrogen-bond donors (Lipinski definition) is 0. The Morgan fingerprint density at radius 1 is 0.661 bits per heavy atom. The summed E-state index contributed by atoms with van der Waals surface area (Å²) in [7, 11) is 0. The number of benzene rings is 6. The van der Waals surface area contributed by atoms with Crippen LogP contribution in [0.4, 0.5) is 5.69 Å². The maximum absolute atomic E-state index is 2.57. The number of para-hydroxylation sites is 2. The Balaban J connectivity index is 0.913. The van der Waals surface area contributed by atoms with Crippen molar-refractivity contribution in [3.8, 4) is 16.8 Å². The van der Waals surface area contributed by atoms with Gasteiger partial charge in [0.1, 0.15) is 0 Å². The Bertz CT molecular complexity index is 3080. The molecule has 2 unspecified atom stereocenters. The molecule has 0 N–H and O–H groups in total. The van der Waals surface area contributed by atoms with Gasteiger partial charge in [0.2, 0.25) is 0 Å². The monoisotopic (exact) mass is 756 g/mol. The van der Waals surface area contributed by atoms with Crippen molar-refractivity contribution < 1.29 is 0 Å². The zero-order chi connectivity index (χ0) is 38.9. The zero-order valence-electron chi connectivity index (χ0n) is 33.1. The normalized spacial score (nSPS) is 19.8. The fraction of sp³-hybridized carbons (Fsp3) is 0.123. The summed E-state index contributed by atoms with van der Waals surface area (Å²) in [5.41, 5.74) is 20.0. The molecule has 7 aromatic rings. The molecular weight excluding hydrogens is 713 g/mol. The maximum atomic E-state index is 2.57. The van der Waals surface area contributed by atoms with E-state index in [1.807, 2.05) is 0 Å². The Morgan fingerprint density at radius 2 is 1.42 bits per heavy atom. The molecular formula is C57H44N2. The third-order valence-electron chi connectivity index (χ3n) is 13.4. The lowest BCUT2D eigenvalue weighted by molar-refractivity contribution is 0.725. The van der Waals surface area contributed by atoms with E-state index in [1.54, 1.807) is 0 Å². The first-order valence-electron chi connectivity index (χ1n) is 21.3. The highest BCUT2D eigenvalue weighted by molar-refractivity contribution is 6.10. The first kappa shape index (κ1) is 34.2. The average Bonchev–Trinajstić information content (AvgIpc) is 3.92. The topological polar surface area (TPSA) is 8.17 Å². The van der Waals surface area contributed by atoms with E-state index in [2.05, 4.69) is 210 Å². The number of allylic oxidation sites excluding steroid dienone is 11. The minimum Gasteiger partial charge on any atom is -0.361 e. The molecule has 2 atom stereocenters. The van der Waals surface area contributed by atoms with Crippen LogP contribution in [-0.4, -0.2) is 17.2 Å². The minimum atomic E-state index is -0.263. The van der Waals surface area contributed by atoms with Crippen molar-refractivity contribution in [3.05, 3.63) is 239 Å². The second-order valence-corrected chi connectivity index (χ2v) is 16.6. The van der Waals surface area contributed by atoms with E-state index in [4.69, 9.17) is 0 Å². The van der Waals surface area contributed by atoms with Gasteiger partial charge in [-0.15, -0.1) is 0 Å². The Morgan fingerprint density at radius 3 is 2.27 bits per heavy atom. The Hall–Kier alpha value is -6.90. The quantitative estimate of drug-likeness (QED) is 0.140. The summed E-state index contributed by atoms with van der Waals surface area (Å²) < 4.78 is 2.42. The van der Waals surface area contributed by atoms with Crippen LogP contribution in [-0.2, 0) is 5.41 Å². The van der Waals surface area contributed by atoms with Crippen molar-refractivity contribution in [2.45, 2.75) is 37.1 Å².